The molecule has 0 saturated heterocycles. The van der Waals surface area contributed by atoms with Gasteiger partial charge in [-0.3, -0.25) is 4.79 Å². The summed E-state index contributed by atoms with van der Waals surface area (Å²) < 4.78 is 0. The summed E-state index contributed by atoms with van der Waals surface area (Å²) in [6.07, 6.45) is 1.51. The number of aromatic nitrogens is 1. The van der Waals surface area contributed by atoms with E-state index >= 15 is 0 Å². The average Bonchev–Trinajstić information content (AvgIpc) is 2.47. The Morgan fingerprint density at radius 2 is 2.05 bits per heavy atom. The average molecular weight is 304 g/mol. The van der Waals surface area contributed by atoms with E-state index in [4.69, 9.17) is 11.6 Å². The topological polar surface area (TPSA) is 54.0 Å². The molecule has 2 N–H and O–H groups in total. The number of hydrogen-bond donors (Lipinski definition) is 2. The first-order valence-electron chi connectivity index (χ1n) is 6.72. The Morgan fingerprint density at radius 3 is 2.67 bits per heavy atom. The second-order valence-corrected chi connectivity index (χ2v) is 5.26. The molecule has 0 radical (unpaired) electrons. The van der Waals surface area contributed by atoms with Crippen molar-refractivity contribution >= 4 is 23.3 Å². The number of nitrogens with zero attached hydrogens (tertiary/aromatic N) is 1. The Kier molecular flexibility index (Phi) is 4.81. The fourth-order valence-electron chi connectivity index (χ4n) is 2.18. The second kappa shape index (κ2) is 6.59. The summed E-state index contributed by atoms with van der Waals surface area (Å²) in [4.78, 5) is 16.4. The number of hydrogen-bond acceptors (Lipinski definition) is 3. The van der Waals surface area contributed by atoms with Crippen LogP contribution < -0.4 is 10.6 Å². The lowest BCUT2D eigenvalue weighted by molar-refractivity contribution is 0.0939. The summed E-state index contributed by atoms with van der Waals surface area (Å²) in [6.45, 7) is 3.98. The van der Waals surface area contributed by atoms with Crippen LogP contribution in [0.5, 0.6) is 0 Å². The SMILES string of the molecule is CNc1ncc(C(=O)NC(C)c2ccccc2C)cc1Cl. The van der Waals surface area contributed by atoms with Gasteiger partial charge in [-0.2, -0.15) is 0 Å². The van der Waals surface area contributed by atoms with Crippen LogP contribution in [0, 0.1) is 6.92 Å². The van der Waals surface area contributed by atoms with Gasteiger partial charge in [0.05, 0.1) is 16.6 Å². The number of pyridine rings is 1. The number of nitrogens with one attached hydrogen (secondary N) is 2. The largest absolute Gasteiger partial charge is 0.372 e. The van der Waals surface area contributed by atoms with Crippen LogP contribution in [-0.2, 0) is 0 Å². The zero-order chi connectivity index (χ0) is 15.4. The Morgan fingerprint density at radius 1 is 1.33 bits per heavy atom. The molecule has 1 aromatic heterocycles. The molecule has 1 unspecified atom stereocenters. The van der Waals surface area contributed by atoms with Crippen LogP contribution in [-0.4, -0.2) is 17.9 Å². The van der Waals surface area contributed by atoms with Crippen molar-refractivity contribution in [1.82, 2.24) is 10.3 Å². The minimum atomic E-state index is -0.192. The molecule has 4 nitrogen and oxygen atoms in total. The van der Waals surface area contributed by atoms with Gasteiger partial charge in [-0.25, -0.2) is 4.98 Å². The van der Waals surface area contributed by atoms with Crippen LogP contribution in [0.3, 0.4) is 0 Å². The van der Waals surface area contributed by atoms with E-state index in [1.54, 1.807) is 13.1 Å². The first-order valence-corrected chi connectivity index (χ1v) is 7.10. The number of anilines is 1. The minimum absolute atomic E-state index is 0.0820. The summed E-state index contributed by atoms with van der Waals surface area (Å²) in [5.74, 6) is 0.364. The molecule has 0 fully saturated rings. The molecule has 0 saturated carbocycles. The maximum absolute atomic E-state index is 12.3. The maximum atomic E-state index is 12.3. The number of carbonyl (C=O) groups excluding carboxylic acids is 1. The Bertz CT molecular complexity index is 658. The zero-order valence-corrected chi connectivity index (χ0v) is 13.0. The van der Waals surface area contributed by atoms with E-state index in [-0.39, 0.29) is 11.9 Å². The predicted octanol–water partition coefficient (Wildman–Crippen LogP) is 3.58. The van der Waals surface area contributed by atoms with Gasteiger partial charge >= 0.3 is 0 Å². The van der Waals surface area contributed by atoms with Gasteiger partial charge in [0.25, 0.3) is 5.91 Å². The highest BCUT2D eigenvalue weighted by Crippen LogP contribution is 2.21. The first-order chi connectivity index (χ1) is 10.0. The molecule has 0 spiro atoms. The maximum Gasteiger partial charge on any atom is 0.253 e. The molecule has 1 amide bonds. The highest BCUT2D eigenvalue weighted by atomic mass is 35.5. The van der Waals surface area contributed by atoms with Crippen molar-refractivity contribution < 1.29 is 4.79 Å². The first kappa shape index (κ1) is 15.3. The van der Waals surface area contributed by atoms with Crippen LogP contribution in [0.4, 0.5) is 5.82 Å². The number of carbonyl (C=O) groups is 1. The van der Waals surface area contributed by atoms with E-state index in [0.717, 1.165) is 11.1 Å². The van der Waals surface area contributed by atoms with E-state index in [0.29, 0.717) is 16.4 Å². The van der Waals surface area contributed by atoms with Crippen LogP contribution in [0.25, 0.3) is 0 Å². The molecule has 0 bridgehead atoms. The fourth-order valence-corrected chi connectivity index (χ4v) is 2.44. The number of amides is 1. The summed E-state index contributed by atoms with van der Waals surface area (Å²) in [6, 6.07) is 9.51. The lowest BCUT2D eigenvalue weighted by atomic mass is 10.0. The van der Waals surface area contributed by atoms with Gasteiger partial charge in [0, 0.05) is 13.2 Å². The lowest BCUT2D eigenvalue weighted by Gasteiger charge is -2.16. The molecule has 110 valence electrons. The summed E-state index contributed by atoms with van der Waals surface area (Å²) in [5.41, 5.74) is 2.68. The lowest BCUT2D eigenvalue weighted by Crippen LogP contribution is -2.27. The quantitative estimate of drug-likeness (QED) is 0.908. The molecule has 0 aliphatic carbocycles. The van der Waals surface area contributed by atoms with Gasteiger partial charge in [-0.1, -0.05) is 35.9 Å². The van der Waals surface area contributed by atoms with Crippen molar-refractivity contribution in [3.63, 3.8) is 0 Å². The van der Waals surface area contributed by atoms with E-state index in [1.807, 2.05) is 38.1 Å². The van der Waals surface area contributed by atoms with Crippen LogP contribution >= 0.6 is 11.6 Å². The molecule has 0 aliphatic rings. The Hall–Kier alpha value is -2.07. The van der Waals surface area contributed by atoms with E-state index in [1.165, 1.54) is 6.20 Å². The van der Waals surface area contributed by atoms with Gasteiger partial charge in [0.2, 0.25) is 0 Å². The van der Waals surface area contributed by atoms with Crippen molar-refractivity contribution in [2.75, 3.05) is 12.4 Å². The summed E-state index contributed by atoms with van der Waals surface area (Å²) >= 11 is 6.05. The summed E-state index contributed by atoms with van der Waals surface area (Å²) in [5, 5.41) is 6.25. The molecule has 2 aromatic rings. The van der Waals surface area contributed by atoms with Gasteiger partial charge in [-0.15, -0.1) is 0 Å². The molecule has 21 heavy (non-hydrogen) atoms. The molecule has 1 heterocycles. The second-order valence-electron chi connectivity index (χ2n) is 4.86. The third-order valence-corrected chi connectivity index (χ3v) is 3.63. The van der Waals surface area contributed by atoms with E-state index in [2.05, 4.69) is 15.6 Å². The predicted molar refractivity (Wildman–Crippen MR) is 85.9 cm³/mol. The highest BCUT2D eigenvalue weighted by molar-refractivity contribution is 6.33. The van der Waals surface area contributed by atoms with Gasteiger partial charge in [0.15, 0.2) is 0 Å². The number of rotatable bonds is 4. The normalized spacial score (nSPS) is 11.8. The Balaban J connectivity index is 2.14. The third-order valence-electron chi connectivity index (χ3n) is 3.34. The van der Waals surface area contributed by atoms with Crippen molar-refractivity contribution in [2.24, 2.45) is 0 Å². The minimum Gasteiger partial charge on any atom is -0.372 e. The van der Waals surface area contributed by atoms with Crippen molar-refractivity contribution in [3.05, 3.63) is 58.2 Å². The van der Waals surface area contributed by atoms with Crippen molar-refractivity contribution in [3.8, 4) is 0 Å². The number of halogens is 1. The number of aryl methyl sites for hydroxylation is 1. The van der Waals surface area contributed by atoms with Gasteiger partial charge < -0.3 is 10.6 Å². The van der Waals surface area contributed by atoms with Crippen LogP contribution in [0.15, 0.2) is 36.5 Å². The van der Waals surface area contributed by atoms with E-state index < -0.39 is 0 Å². The molecule has 0 aliphatic heterocycles. The van der Waals surface area contributed by atoms with Crippen molar-refractivity contribution in [2.45, 2.75) is 19.9 Å². The number of benzene rings is 1. The molecular formula is C16H18ClN3O. The molecule has 2 rings (SSSR count). The van der Waals surface area contributed by atoms with Gasteiger partial charge in [-0.05, 0) is 31.0 Å². The van der Waals surface area contributed by atoms with E-state index in [9.17, 15) is 4.79 Å². The molecular weight excluding hydrogens is 286 g/mol. The molecule has 5 heteroatoms. The molecule has 1 atom stereocenters. The molecule has 1 aromatic carbocycles. The van der Waals surface area contributed by atoms with Gasteiger partial charge in [0.1, 0.15) is 5.82 Å². The fraction of sp³-hybridized carbons (Fsp3) is 0.250. The Labute approximate surface area is 129 Å². The third kappa shape index (κ3) is 3.52. The zero-order valence-electron chi connectivity index (χ0n) is 12.3. The van der Waals surface area contributed by atoms with Crippen LogP contribution in [0.2, 0.25) is 5.02 Å². The highest BCUT2D eigenvalue weighted by Gasteiger charge is 2.14. The van der Waals surface area contributed by atoms with Crippen LogP contribution in [0.1, 0.15) is 34.5 Å². The standard InChI is InChI=1S/C16H18ClN3O/c1-10-6-4-5-7-13(10)11(2)20-16(21)12-8-14(17)15(18-3)19-9-12/h4-9,11H,1-3H3,(H,18,19)(H,20,21). The summed E-state index contributed by atoms with van der Waals surface area (Å²) in [7, 11) is 1.73. The monoisotopic (exact) mass is 303 g/mol. The smallest absolute Gasteiger partial charge is 0.253 e. The van der Waals surface area contributed by atoms with Crippen molar-refractivity contribution in [1.29, 1.82) is 0 Å².